The summed E-state index contributed by atoms with van der Waals surface area (Å²) in [4.78, 5) is 12.8. The fraction of sp³-hybridized carbons (Fsp3) is 0.160. The van der Waals surface area contributed by atoms with Crippen molar-refractivity contribution in [2.45, 2.75) is 10.1 Å². The number of carbonyl (C=O) groups is 1. The second-order valence-corrected chi connectivity index (χ2v) is 10.1. The zero-order valence-corrected chi connectivity index (χ0v) is 21.8. The van der Waals surface area contributed by atoms with Gasteiger partial charge in [0.15, 0.2) is 5.78 Å². The number of sulfonamides is 1. The molecule has 3 aromatic carbocycles. The smallest absolute Gasteiger partial charge is 0.277 e. The molecule has 0 amide bonds. The molecule has 0 aliphatic rings. The number of nitrogens with one attached hydrogen (secondary N) is 1. The third-order valence-corrected chi connectivity index (χ3v) is 7.41. The number of ether oxygens (including phenoxy) is 3. The largest absolute Gasteiger partial charge is 0.497 e. The number of nitrogens with zero attached hydrogens (tertiary/aromatic N) is 2. The number of rotatable bonds is 11. The molecule has 1 N–H and O–H groups in total. The Kier molecular flexibility index (Phi) is 7.99. The number of methoxy groups -OCH3 is 3. The van der Waals surface area contributed by atoms with Crippen LogP contribution in [-0.4, -0.2) is 51.5 Å². The van der Waals surface area contributed by atoms with Gasteiger partial charge in [-0.1, -0.05) is 11.8 Å². The molecule has 4 aromatic rings. The number of hydrogen-bond acceptors (Lipinski definition) is 10. The van der Waals surface area contributed by atoms with Crippen molar-refractivity contribution < 1.29 is 31.8 Å². The number of ketones is 1. The first-order valence-electron chi connectivity index (χ1n) is 10.8. The first kappa shape index (κ1) is 26.0. The Labute approximate surface area is 218 Å². The summed E-state index contributed by atoms with van der Waals surface area (Å²) in [7, 11) is 0.751. The van der Waals surface area contributed by atoms with E-state index in [0.29, 0.717) is 34.1 Å². The lowest BCUT2D eigenvalue weighted by atomic mass is 10.1. The number of hydrogen-bond donors (Lipinski definition) is 1. The second kappa shape index (κ2) is 11.4. The average Bonchev–Trinajstić information content (AvgIpc) is 3.40. The molecular formula is C25H23N3O7S2. The molecule has 0 fully saturated rings. The second-order valence-electron chi connectivity index (χ2n) is 7.51. The summed E-state index contributed by atoms with van der Waals surface area (Å²) in [6.07, 6.45) is 0. The Hall–Kier alpha value is -4.03. The maximum atomic E-state index is 12.7. The summed E-state index contributed by atoms with van der Waals surface area (Å²) in [6, 6.07) is 17.5. The zero-order valence-electron chi connectivity index (χ0n) is 20.1. The molecule has 0 atom stereocenters. The minimum absolute atomic E-state index is 0.0528. The van der Waals surface area contributed by atoms with Crippen LogP contribution in [0.3, 0.4) is 0 Å². The minimum atomic E-state index is -3.77. The maximum absolute atomic E-state index is 12.7. The molecule has 0 spiro atoms. The van der Waals surface area contributed by atoms with Crippen molar-refractivity contribution in [1.82, 2.24) is 10.2 Å². The van der Waals surface area contributed by atoms with E-state index >= 15 is 0 Å². The van der Waals surface area contributed by atoms with E-state index in [1.54, 1.807) is 54.6 Å². The molecule has 12 heteroatoms. The number of thioether (sulfide) groups is 1. The summed E-state index contributed by atoms with van der Waals surface area (Å²) in [5, 5.41) is 8.23. The van der Waals surface area contributed by atoms with Crippen LogP contribution in [0.15, 0.2) is 81.3 Å². The summed E-state index contributed by atoms with van der Waals surface area (Å²) in [5.41, 5.74) is 1.35. The standard InChI is InChI=1S/C25H23N3O7S2/c1-32-18-8-11-20(12-9-18)37(30,31)28-17-6-4-16(5-7-17)24-26-27-25(35-24)36-15-22(29)21-14-19(33-2)10-13-23(21)34-3/h4-14,28H,15H2,1-3H3. The lowest BCUT2D eigenvalue weighted by Gasteiger charge is -2.09. The fourth-order valence-corrected chi connectivity index (χ4v) is 4.98. The number of carbonyl (C=O) groups excluding carboxylic acids is 1. The van der Waals surface area contributed by atoms with Gasteiger partial charge in [0.2, 0.25) is 5.89 Å². The molecule has 4 rings (SSSR count). The van der Waals surface area contributed by atoms with Crippen LogP contribution in [0, 0.1) is 0 Å². The molecule has 0 aliphatic carbocycles. The third-order valence-electron chi connectivity index (χ3n) is 5.19. The van der Waals surface area contributed by atoms with E-state index in [1.807, 2.05) is 0 Å². The summed E-state index contributed by atoms with van der Waals surface area (Å²) in [5.74, 6) is 1.65. The van der Waals surface area contributed by atoms with Crippen molar-refractivity contribution in [2.75, 3.05) is 31.8 Å². The molecule has 1 aromatic heterocycles. The Morgan fingerprint density at radius 2 is 1.57 bits per heavy atom. The van der Waals surface area contributed by atoms with Crippen LogP contribution in [0.25, 0.3) is 11.5 Å². The number of benzene rings is 3. The van der Waals surface area contributed by atoms with Gasteiger partial charge in [-0.25, -0.2) is 8.42 Å². The van der Waals surface area contributed by atoms with Crippen molar-refractivity contribution in [3.63, 3.8) is 0 Å². The number of Topliss-reactive ketones (excluding diaryl/α,β-unsaturated/α-hetero) is 1. The van der Waals surface area contributed by atoms with Gasteiger partial charge in [-0.2, -0.15) is 0 Å². The van der Waals surface area contributed by atoms with Crippen molar-refractivity contribution in [1.29, 1.82) is 0 Å². The predicted octanol–water partition coefficient (Wildman–Crippen LogP) is 4.54. The number of anilines is 1. The first-order chi connectivity index (χ1) is 17.8. The lowest BCUT2D eigenvalue weighted by Crippen LogP contribution is -2.12. The van der Waals surface area contributed by atoms with Crippen LogP contribution < -0.4 is 18.9 Å². The van der Waals surface area contributed by atoms with E-state index in [9.17, 15) is 13.2 Å². The van der Waals surface area contributed by atoms with Gasteiger partial charge in [-0.15, -0.1) is 10.2 Å². The van der Waals surface area contributed by atoms with Gasteiger partial charge in [-0.05, 0) is 66.7 Å². The molecule has 0 radical (unpaired) electrons. The van der Waals surface area contributed by atoms with Crippen molar-refractivity contribution in [3.8, 4) is 28.7 Å². The van der Waals surface area contributed by atoms with Crippen LogP contribution in [0.2, 0.25) is 0 Å². The van der Waals surface area contributed by atoms with Crippen molar-refractivity contribution >= 4 is 33.3 Å². The van der Waals surface area contributed by atoms with Crippen LogP contribution in [0.1, 0.15) is 10.4 Å². The van der Waals surface area contributed by atoms with Crippen LogP contribution >= 0.6 is 11.8 Å². The molecule has 37 heavy (non-hydrogen) atoms. The molecule has 0 saturated heterocycles. The highest BCUT2D eigenvalue weighted by Crippen LogP contribution is 2.29. The first-order valence-corrected chi connectivity index (χ1v) is 13.3. The van der Waals surface area contributed by atoms with Crippen LogP contribution in [-0.2, 0) is 10.0 Å². The highest BCUT2D eigenvalue weighted by molar-refractivity contribution is 7.99. The molecule has 10 nitrogen and oxygen atoms in total. The molecule has 0 saturated carbocycles. The van der Waals surface area contributed by atoms with Gasteiger partial charge in [0, 0.05) is 11.3 Å². The Morgan fingerprint density at radius 1 is 0.892 bits per heavy atom. The van der Waals surface area contributed by atoms with E-state index in [2.05, 4.69) is 14.9 Å². The van der Waals surface area contributed by atoms with Gasteiger partial charge in [-0.3, -0.25) is 9.52 Å². The van der Waals surface area contributed by atoms with Gasteiger partial charge in [0.05, 0.1) is 37.5 Å². The van der Waals surface area contributed by atoms with E-state index in [0.717, 1.165) is 11.8 Å². The Bertz CT molecular complexity index is 1490. The van der Waals surface area contributed by atoms with Gasteiger partial charge < -0.3 is 18.6 Å². The molecular weight excluding hydrogens is 518 g/mol. The molecule has 0 bridgehead atoms. The molecule has 192 valence electrons. The summed E-state index contributed by atoms with van der Waals surface area (Å²) < 4.78 is 49.0. The van der Waals surface area contributed by atoms with E-state index in [-0.39, 0.29) is 27.5 Å². The topological polar surface area (TPSA) is 130 Å². The Morgan fingerprint density at radius 3 is 2.22 bits per heavy atom. The van der Waals surface area contributed by atoms with E-state index in [1.165, 1.54) is 33.5 Å². The van der Waals surface area contributed by atoms with Gasteiger partial charge in [0.1, 0.15) is 17.2 Å². The lowest BCUT2D eigenvalue weighted by molar-refractivity contribution is 0.101. The third kappa shape index (κ3) is 6.22. The Balaban J connectivity index is 1.40. The number of aromatic nitrogens is 2. The minimum Gasteiger partial charge on any atom is -0.497 e. The van der Waals surface area contributed by atoms with Crippen molar-refractivity contribution in [2.24, 2.45) is 0 Å². The average molecular weight is 542 g/mol. The molecule has 1 heterocycles. The summed E-state index contributed by atoms with van der Waals surface area (Å²) >= 11 is 1.10. The normalized spacial score (nSPS) is 11.1. The van der Waals surface area contributed by atoms with E-state index in [4.69, 9.17) is 18.6 Å². The SMILES string of the molecule is COc1ccc(S(=O)(=O)Nc2ccc(-c3nnc(SCC(=O)c4cc(OC)ccc4OC)o3)cc2)cc1. The van der Waals surface area contributed by atoms with Gasteiger partial charge >= 0.3 is 0 Å². The monoisotopic (exact) mass is 541 g/mol. The van der Waals surface area contributed by atoms with Crippen molar-refractivity contribution in [3.05, 3.63) is 72.3 Å². The molecule has 0 unspecified atom stereocenters. The maximum Gasteiger partial charge on any atom is 0.277 e. The summed E-state index contributed by atoms with van der Waals surface area (Å²) in [6.45, 7) is 0. The van der Waals surface area contributed by atoms with Gasteiger partial charge in [0.25, 0.3) is 15.2 Å². The fourth-order valence-electron chi connectivity index (χ4n) is 3.27. The van der Waals surface area contributed by atoms with Crippen LogP contribution in [0.5, 0.6) is 17.2 Å². The van der Waals surface area contributed by atoms with E-state index < -0.39 is 10.0 Å². The highest BCUT2D eigenvalue weighted by atomic mass is 32.2. The predicted molar refractivity (Wildman–Crippen MR) is 138 cm³/mol. The quantitative estimate of drug-likeness (QED) is 0.213. The van der Waals surface area contributed by atoms with Crippen LogP contribution in [0.4, 0.5) is 5.69 Å². The highest BCUT2D eigenvalue weighted by Gasteiger charge is 2.18. The molecule has 0 aliphatic heterocycles. The zero-order chi connectivity index (χ0) is 26.4.